The number of allylic oxidation sites excluding steroid dienone is 1. The van der Waals surface area contributed by atoms with Crippen molar-refractivity contribution in [2.75, 3.05) is 10.6 Å². The molecule has 27 heavy (non-hydrogen) atoms. The Morgan fingerprint density at radius 3 is 2.63 bits per heavy atom. The molecule has 0 bridgehead atoms. The van der Waals surface area contributed by atoms with Crippen LogP contribution in [0.15, 0.2) is 64.6 Å². The molecule has 0 aliphatic heterocycles. The fraction of sp³-hybridized carbons (Fsp3) is 0.211. The minimum atomic E-state index is -0.420. The zero-order chi connectivity index (χ0) is 19.8. The van der Waals surface area contributed by atoms with Crippen LogP contribution in [0.25, 0.3) is 0 Å². The Bertz CT molecular complexity index is 866. The minimum absolute atomic E-state index is 0.0711. The van der Waals surface area contributed by atoms with Gasteiger partial charge >= 0.3 is 0 Å². The van der Waals surface area contributed by atoms with Gasteiger partial charge in [0.2, 0.25) is 0 Å². The number of hydrogen-bond acceptors (Lipinski definition) is 4. The van der Waals surface area contributed by atoms with Crippen LogP contribution in [-0.4, -0.2) is 16.3 Å². The number of non-ortho nitro benzene ring substituents is 1. The molecule has 0 fully saturated rings. The molecule has 0 aromatic heterocycles. The summed E-state index contributed by atoms with van der Waals surface area (Å²) in [6.45, 7) is 4.02. The zero-order valence-electron chi connectivity index (χ0n) is 14.9. The van der Waals surface area contributed by atoms with Crippen molar-refractivity contribution < 1.29 is 4.92 Å². The highest BCUT2D eigenvalue weighted by molar-refractivity contribution is 6.45. The standard InChI is InChI=1S/C19H20Cl2N4O2/c1-3-18(21)19(23-13(2)20)24-16-8-5-7-15(11-16)22-12-14-6-4-9-17(10-14)25(26)27/h3-11,13,22H,12H2,1-2H3,(H,23,24)/b18-3+. The van der Waals surface area contributed by atoms with E-state index in [2.05, 4.69) is 15.6 Å². The van der Waals surface area contributed by atoms with Crippen molar-refractivity contribution in [1.82, 2.24) is 0 Å². The Morgan fingerprint density at radius 2 is 1.96 bits per heavy atom. The molecule has 2 aromatic carbocycles. The molecule has 8 heteroatoms. The predicted molar refractivity (Wildman–Crippen MR) is 113 cm³/mol. The van der Waals surface area contributed by atoms with E-state index >= 15 is 0 Å². The van der Waals surface area contributed by atoms with E-state index in [9.17, 15) is 10.1 Å². The maximum atomic E-state index is 10.9. The second-order valence-corrected chi connectivity index (χ2v) is 6.71. The molecular weight excluding hydrogens is 387 g/mol. The van der Waals surface area contributed by atoms with Crippen molar-refractivity contribution in [3.8, 4) is 0 Å². The van der Waals surface area contributed by atoms with Gasteiger partial charge in [-0.2, -0.15) is 0 Å². The van der Waals surface area contributed by atoms with Gasteiger partial charge in [0.05, 0.1) is 9.96 Å². The lowest BCUT2D eigenvalue weighted by Crippen LogP contribution is -2.14. The van der Waals surface area contributed by atoms with Crippen LogP contribution in [0.1, 0.15) is 19.4 Å². The van der Waals surface area contributed by atoms with Gasteiger partial charge in [-0.05, 0) is 37.6 Å². The Balaban J connectivity index is 2.11. The van der Waals surface area contributed by atoms with Gasteiger partial charge in [0.25, 0.3) is 5.69 Å². The normalized spacial score (nSPS) is 13.2. The molecule has 0 heterocycles. The van der Waals surface area contributed by atoms with Crippen LogP contribution in [0.4, 0.5) is 17.1 Å². The van der Waals surface area contributed by atoms with E-state index in [0.29, 0.717) is 17.4 Å². The summed E-state index contributed by atoms with van der Waals surface area (Å²) in [5, 5.41) is 17.7. The second kappa shape index (κ2) is 9.94. The van der Waals surface area contributed by atoms with Gasteiger partial charge in [0.1, 0.15) is 11.3 Å². The van der Waals surface area contributed by atoms with Gasteiger partial charge in [0.15, 0.2) is 0 Å². The van der Waals surface area contributed by atoms with Gasteiger partial charge in [-0.25, -0.2) is 4.99 Å². The van der Waals surface area contributed by atoms with Gasteiger partial charge in [-0.1, -0.05) is 47.5 Å². The zero-order valence-corrected chi connectivity index (χ0v) is 16.5. The third kappa shape index (κ3) is 6.58. The number of rotatable bonds is 7. The fourth-order valence-corrected chi connectivity index (χ4v) is 2.49. The molecule has 1 unspecified atom stereocenters. The first kappa shape index (κ1) is 20.7. The number of hydrogen-bond donors (Lipinski definition) is 2. The number of nitrogens with zero attached hydrogens (tertiary/aromatic N) is 2. The minimum Gasteiger partial charge on any atom is -0.381 e. The molecule has 0 spiro atoms. The monoisotopic (exact) mass is 406 g/mol. The fourth-order valence-electron chi connectivity index (χ4n) is 2.30. The average Bonchev–Trinajstić information content (AvgIpc) is 2.65. The smallest absolute Gasteiger partial charge is 0.269 e. The summed E-state index contributed by atoms with van der Waals surface area (Å²) in [6, 6.07) is 14.1. The van der Waals surface area contributed by atoms with Gasteiger partial charge in [-0.3, -0.25) is 10.1 Å². The lowest BCUT2D eigenvalue weighted by molar-refractivity contribution is -0.384. The Morgan fingerprint density at radius 1 is 1.26 bits per heavy atom. The van der Waals surface area contributed by atoms with Crippen LogP contribution in [0.3, 0.4) is 0 Å². The molecule has 0 saturated heterocycles. The number of amidine groups is 1. The Kier molecular flexibility index (Phi) is 7.64. The number of nitro benzene ring substituents is 1. The van der Waals surface area contributed by atoms with Crippen LogP contribution in [-0.2, 0) is 6.54 Å². The van der Waals surface area contributed by atoms with Crippen molar-refractivity contribution in [2.45, 2.75) is 25.9 Å². The number of benzene rings is 2. The van der Waals surface area contributed by atoms with E-state index in [1.54, 1.807) is 25.1 Å². The molecule has 0 amide bonds. The third-order valence-electron chi connectivity index (χ3n) is 3.53. The summed E-state index contributed by atoms with van der Waals surface area (Å²) in [5.74, 6) is 0.484. The molecule has 2 aromatic rings. The molecule has 2 N–H and O–H groups in total. The van der Waals surface area contributed by atoms with Gasteiger partial charge in [0, 0.05) is 30.1 Å². The maximum absolute atomic E-state index is 10.9. The van der Waals surface area contributed by atoms with Crippen LogP contribution in [0, 0.1) is 10.1 Å². The molecule has 0 radical (unpaired) electrons. The van der Waals surface area contributed by atoms with E-state index in [1.165, 1.54) is 6.07 Å². The quantitative estimate of drug-likeness (QED) is 0.153. The predicted octanol–water partition coefficient (Wildman–Crippen LogP) is 5.74. The lowest BCUT2D eigenvalue weighted by Gasteiger charge is -2.12. The highest BCUT2D eigenvalue weighted by Crippen LogP contribution is 2.19. The first-order chi connectivity index (χ1) is 12.9. The Hall–Kier alpha value is -2.57. The van der Waals surface area contributed by atoms with Gasteiger partial charge < -0.3 is 10.6 Å². The van der Waals surface area contributed by atoms with E-state index in [4.69, 9.17) is 23.2 Å². The van der Waals surface area contributed by atoms with E-state index < -0.39 is 10.4 Å². The molecule has 2 rings (SSSR count). The van der Waals surface area contributed by atoms with E-state index in [-0.39, 0.29) is 5.69 Å². The molecular formula is C19H20Cl2N4O2. The van der Waals surface area contributed by atoms with Crippen molar-refractivity contribution in [3.05, 3.63) is 75.3 Å². The number of anilines is 2. The molecule has 0 aliphatic rings. The van der Waals surface area contributed by atoms with Gasteiger partial charge in [-0.15, -0.1) is 0 Å². The van der Waals surface area contributed by atoms with Crippen molar-refractivity contribution >= 4 is 46.1 Å². The lowest BCUT2D eigenvalue weighted by atomic mass is 10.2. The van der Waals surface area contributed by atoms with Crippen LogP contribution < -0.4 is 10.6 Å². The Labute approximate surface area is 168 Å². The number of aliphatic imine (C=N–C) groups is 1. The summed E-state index contributed by atoms with van der Waals surface area (Å²) >= 11 is 12.1. The number of nitro groups is 1. The van der Waals surface area contributed by atoms with Crippen molar-refractivity contribution in [1.29, 1.82) is 0 Å². The first-order valence-electron chi connectivity index (χ1n) is 8.27. The molecule has 1 atom stereocenters. The topological polar surface area (TPSA) is 79.6 Å². The third-order valence-corrected chi connectivity index (χ3v) is 4.02. The first-order valence-corrected chi connectivity index (χ1v) is 9.09. The number of halogens is 2. The van der Waals surface area contributed by atoms with E-state index in [1.807, 2.05) is 37.3 Å². The largest absolute Gasteiger partial charge is 0.381 e. The van der Waals surface area contributed by atoms with Crippen LogP contribution in [0.5, 0.6) is 0 Å². The van der Waals surface area contributed by atoms with E-state index in [0.717, 1.165) is 16.9 Å². The molecule has 0 saturated carbocycles. The summed E-state index contributed by atoms with van der Waals surface area (Å²) < 4.78 is 0. The summed E-state index contributed by atoms with van der Waals surface area (Å²) in [7, 11) is 0. The summed E-state index contributed by atoms with van der Waals surface area (Å²) in [6.07, 6.45) is 1.73. The van der Waals surface area contributed by atoms with Crippen LogP contribution in [0.2, 0.25) is 0 Å². The second-order valence-electron chi connectivity index (χ2n) is 5.67. The molecule has 142 valence electrons. The summed E-state index contributed by atoms with van der Waals surface area (Å²) in [4.78, 5) is 14.7. The van der Waals surface area contributed by atoms with Crippen molar-refractivity contribution in [2.24, 2.45) is 4.99 Å². The molecule has 0 aliphatic carbocycles. The summed E-state index contributed by atoms with van der Waals surface area (Å²) in [5.41, 5.74) is 2.10. The highest BCUT2D eigenvalue weighted by atomic mass is 35.5. The van der Waals surface area contributed by atoms with Crippen LogP contribution >= 0.6 is 23.2 Å². The van der Waals surface area contributed by atoms with Crippen molar-refractivity contribution in [3.63, 3.8) is 0 Å². The highest BCUT2D eigenvalue weighted by Gasteiger charge is 2.08. The maximum Gasteiger partial charge on any atom is 0.269 e. The molecule has 6 nitrogen and oxygen atoms in total. The average molecular weight is 407 g/mol. The SMILES string of the molecule is C/C=C(Cl)\C(=N/C(C)Cl)Nc1cccc(NCc2cccc([N+](=O)[O-])c2)c1. The number of alkyl halides is 1. The number of nitrogens with one attached hydrogen (secondary N) is 2.